The Morgan fingerprint density at radius 3 is 2.15 bits per heavy atom. The van der Waals surface area contributed by atoms with Crippen molar-refractivity contribution in [3.63, 3.8) is 0 Å². The molecule has 0 unspecified atom stereocenters. The fourth-order valence-electron chi connectivity index (χ4n) is 2.27. The number of carbonyl (C=O) groups excluding carboxylic acids is 1. The van der Waals surface area contributed by atoms with Gasteiger partial charge in [-0.15, -0.1) is 0 Å². The summed E-state index contributed by atoms with van der Waals surface area (Å²) in [7, 11) is 0. The number of anilines is 1. The Balaban J connectivity index is 1.77. The minimum Gasteiger partial charge on any atom is -0.451 e. The van der Waals surface area contributed by atoms with Crippen molar-refractivity contribution in [2.45, 2.75) is 0 Å². The van der Waals surface area contributed by atoms with E-state index in [2.05, 4.69) is 5.32 Å². The number of amides is 1. The summed E-state index contributed by atoms with van der Waals surface area (Å²) in [5.41, 5.74) is 0.501. The molecule has 0 spiro atoms. The first kappa shape index (κ1) is 18.1. The second-order valence-corrected chi connectivity index (χ2v) is 5.75. The van der Waals surface area contributed by atoms with Crippen LogP contribution in [0.4, 0.5) is 17.1 Å². The smallest absolute Gasteiger partial charge is 0.291 e. The highest BCUT2D eigenvalue weighted by Crippen LogP contribution is 2.28. The fraction of sp³-hybridized carbons (Fsp3) is 0. The maximum atomic E-state index is 12.3. The standard InChI is InChI=1S/C17H10ClN3O6/c18-13-9-12(21(25)26)5-6-14(13)19-17(22)16-8-7-15(27-16)10-1-3-11(4-2-10)20(23)24/h1-9H,(H,19,22). The number of nitrogens with zero attached hydrogens (tertiary/aromatic N) is 2. The number of nitrogens with one attached hydrogen (secondary N) is 1. The third kappa shape index (κ3) is 3.93. The fourth-order valence-corrected chi connectivity index (χ4v) is 2.49. The van der Waals surface area contributed by atoms with Crippen molar-refractivity contribution in [2.24, 2.45) is 0 Å². The van der Waals surface area contributed by atoms with E-state index in [0.717, 1.165) is 6.07 Å². The highest BCUT2D eigenvalue weighted by molar-refractivity contribution is 6.34. The molecule has 27 heavy (non-hydrogen) atoms. The zero-order valence-electron chi connectivity index (χ0n) is 13.4. The Bertz CT molecular complexity index is 1050. The number of rotatable bonds is 5. The normalized spacial score (nSPS) is 10.4. The third-order valence-electron chi connectivity index (χ3n) is 3.60. The number of benzene rings is 2. The number of hydrogen-bond donors (Lipinski definition) is 1. The molecule has 1 N–H and O–H groups in total. The minimum absolute atomic E-state index is 0.0136. The van der Waals surface area contributed by atoms with Crippen LogP contribution < -0.4 is 5.32 Å². The van der Waals surface area contributed by atoms with Gasteiger partial charge in [-0.2, -0.15) is 0 Å². The van der Waals surface area contributed by atoms with Crippen LogP contribution in [0.3, 0.4) is 0 Å². The zero-order valence-corrected chi connectivity index (χ0v) is 14.2. The molecule has 0 bridgehead atoms. The molecule has 9 nitrogen and oxygen atoms in total. The number of non-ortho nitro benzene ring substituents is 2. The Labute approximate surface area is 156 Å². The molecule has 3 rings (SSSR count). The minimum atomic E-state index is -0.598. The first-order valence-corrected chi connectivity index (χ1v) is 7.83. The highest BCUT2D eigenvalue weighted by Gasteiger charge is 2.16. The van der Waals surface area contributed by atoms with Crippen molar-refractivity contribution < 1.29 is 19.1 Å². The molecule has 0 atom stereocenters. The van der Waals surface area contributed by atoms with Gasteiger partial charge in [0.05, 0.1) is 20.6 Å². The van der Waals surface area contributed by atoms with Gasteiger partial charge in [0.15, 0.2) is 5.76 Å². The van der Waals surface area contributed by atoms with Gasteiger partial charge in [-0.05, 0) is 30.3 Å². The maximum Gasteiger partial charge on any atom is 0.291 e. The zero-order chi connectivity index (χ0) is 19.6. The topological polar surface area (TPSA) is 129 Å². The maximum absolute atomic E-state index is 12.3. The van der Waals surface area contributed by atoms with Gasteiger partial charge >= 0.3 is 0 Å². The number of halogens is 1. The second-order valence-electron chi connectivity index (χ2n) is 5.34. The molecule has 0 saturated heterocycles. The van der Waals surface area contributed by atoms with Crippen molar-refractivity contribution in [3.05, 3.63) is 85.6 Å². The average Bonchev–Trinajstić information content (AvgIpc) is 3.13. The Kier molecular flexibility index (Phi) is 4.86. The van der Waals surface area contributed by atoms with Gasteiger partial charge < -0.3 is 9.73 Å². The predicted octanol–water partition coefficient (Wildman–Crippen LogP) is 4.67. The monoisotopic (exact) mass is 387 g/mol. The molecule has 0 aliphatic heterocycles. The molecule has 1 amide bonds. The van der Waals surface area contributed by atoms with Crippen molar-refractivity contribution in [2.75, 3.05) is 5.32 Å². The van der Waals surface area contributed by atoms with Crippen LogP contribution in [0, 0.1) is 20.2 Å². The molecule has 2 aromatic carbocycles. The van der Waals surface area contributed by atoms with Crippen LogP contribution in [0.1, 0.15) is 10.6 Å². The summed E-state index contributed by atoms with van der Waals surface area (Å²) in [5, 5.41) is 23.9. The molecule has 0 radical (unpaired) electrons. The lowest BCUT2D eigenvalue weighted by atomic mass is 10.1. The number of nitro benzene ring substituents is 2. The van der Waals surface area contributed by atoms with E-state index in [0.29, 0.717) is 11.3 Å². The van der Waals surface area contributed by atoms with E-state index in [9.17, 15) is 25.0 Å². The lowest BCUT2D eigenvalue weighted by Crippen LogP contribution is -2.11. The number of carbonyl (C=O) groups is 1. The largest absolute Gasteiger partial charge is 0.451 e. The van der Waals surface area contributed by atoms with Crippen LogP contribution in [0.25, 0.3) is 11.3 Å². The third-order valence-corrected chi connectivity index (χ3v) is 3.92. The van der Waals surface area contributed by atoms with E-state index >= 15 is 0 Å². The number of furan rings is 1. The van der Waals surface area contributed by atoms with Crippen molar-refractivity contribution in [1.29, 1.82) is 0 Å². The van der Waals surface area contributed by atoms with Crippen LogP contribution in [0.5, 0.6) is 0 Å². The van der Waals surface area contributed by atoms with Crippen LogP contribution in [0.2, 0.25) is 5.02 Å². The van der Waals surface area contributed by atoms with Gasteiger partial charge in [0.2, 0.25) is 0 Å². The van der Waals surface area contributed by atoms with Crippen molar-refractivity contribution in [1.82, 2.24) is 0 Å². The van der Waals surface area contributed by atoms with E-state index < -0.39 is 15.8 Å². The lowest BCUT2D eigenvalue weighted by Gasteiger charge is -2.05. The molecule has 1 heterocycles. The first-order valence-electron chi connectivity index (χ1n) is 7.45. The van der Waals surface area contributed by atoms with E-state index in [-0.39, 0.29) is 27.8 Å². The van der Waals surface area contributed by atoms with Gasteiger partial charge in [0.25, 0.3) is 17.3 Å². The van der Waals surface area contributed by atoms with Gasteiger partial charge in [-0.3, -0.25) is 25.0 Å². The van der Waals surface area contributed by atoms with Gasteiger partial charge in [-0.25, -0.2) is 0 Å². The van der Waals surface area contributed by atoms with Crippen LogP contribution in [0.15, 0.2) is 59.0 Å². The van der Waals surface area contributed by atoms with Crippen LogP contribution >= 0.6 is 11.6 Å². The summed E-state index contributed by atoms with van der Waals surface area (Å²) in [6.07, 6.45) is 0. The van der Waals surface area contributed by atoms with Gasteiger partial charge in [-0.1, -0.05) is 11.6 Å². The summed E-state index contributed by atoms with van der Waals surface area (Å²) >= 11 is 5.94. The molecule has 10 heteroatoms. The Hall–Kier alpha value is -3.72. The van der Waals surface area contributed by atoms with E-state index in [1.165, 1.54) is 42.5 Å². The van der Waals surface area contributed by atoms with Gasteiger partial charge in [0.1, 0.15) is 5.76 Å². The summed E-state index contributed by atoms with van der Waals surface area (Å²) in [4.78, 5) is 32.6. The van der Waals surface area contributed by atoms with E-state index in [1.54, 1.807) is 6.07 Å². The number of hydrogen-bond acceptors (Lipinski definition) is 6. The molecule has 0 aliphatic rings. The second kappa shape index (κ2) is 7.26. The van der Waals surface area contributed by atoms with E-state index in [4.69, 9.17) is 16.0 Å². The molecule has 1 aromatic heterocycles. The molecular weight excluding hydrogens is 378 g/mol. The summed E-state index contributed by atoms with van der Waals surface area (Å²) in [6.45, 7) is 0. The SMILES string of the molecule is O=C(Nc1ccc([N+](=O)[O-])cc1Cl)c1ccc(-c2ccc([N+](=O)[O-])cc2)o1. The van der Waals surface area contributed by atoms with Crippen LogP contribution in [-0.4, -0.2) is 15.8 Å². The Morgan fingerprint density at radius 2 is 1.56 bits per heavy atom. The summed E-state index contributed by atoms with van der Waals surface area (Å²) in [5.74, 6) is -0.262. The van der Waals surface area contributed by atoms with Crippen LogP contribution in [-0.2, 0) is 0 Å². The molecule has 136 valence electrons. The van der Waals surface area contributed by atoms with Crippen molar-refractivity contribution in [3.8, 4) is 11.3 Å². The molecule has 0 aliphatic carbocycles. The predicted molar refractivity (Wildman–Crippen MR) is 96.9 cm³/mol. The first-order chi connectivity index (χ1) is 12.8. The number of nitro groups is 2. The summed E-state index contributed by atoms with van der Waals surface area (Å²) < 4.78 is 5.47. The van der Waals surface area contributed by atoms with E-state index in [1.807, 2.05) is 0 Å². The quantitative estimate of drug-likeness (QED) is 0.500. The Morgan fingerprint density at radius 1 is 0.926 bits per heavy atom. The molecular formula is C17H10ClN3O6. The highest BCUT2D eigenvalue weighted by atomic mass is 35.5. The molecule has 0 fully saturated rings. The average molecular weight is 388 g/mol. The van der Waals surface area contributed by atoms with Gasteiger partial charge in [0, 0.05) is 29.8 Å². The molecule has 0 saturated carbocycles. The summed E-state index contributed by atoms with van der Waals surface area (Å²) in [6, 6.07) is 12.3. The lowest BCUT2D eigenvalue weighted by molar-refractivity contribution is -0.385. The molecule has 3 aromatic rings. The van der Waals surface area contributed by atoms with Crippen molar-refractivity contribution >= 4 is 34.6 Å².